The molecule has 0 saturated carbocycles. The van der Waals surface area contributed by atoms with Crippen molar-refractivity contribution in [3.63, 3.8) is 0 Å². The van der Waals surface area contributed by atoms with Gasteiger partial charge in [0.1, 0.15) is 0 Å². The molecule has 0 nitrogen and oxygen atoms in total. The molecular formula is C12H20S2. The van der Waals surface area contributed by atoms with E-state index >= 15 is 0 Å². The molecule has 0 aromatic carbocycles. The first-order chi connectivity index (χ1) is 6.67. The highest BCUT2D eigenvalue weighted by Gasteiger charge is 2.16. The van der Waals surface area contributed by atoms with Gasteiger partial charge in [0.15, 0.2) is 0 Å². The third-order valence-electron chi connectivity index (χ3n) is 1.80. The summed E-state index contributed by atoms with van der Waals surface area (Å²) in [6, 6.07) is 0. The second kappa shape index (κ2) is 8.25. The van der Waals surface area contributed by atoms with Crippen molar-refractivity contribution < 1.29 is 0 Å². The van der Waals surface area contributed by atoms with Gasteiger partial charge in [-0.3, -0.25) is 0 Å². The van der Waals surface area contributed by atoms with Gasteiger partial charge in [0, 0.05) is 5.25 Å². The minimum atomic E-state index is 0.555. The molecule has 0 N–H and O–H groups in total. The van der Waals surface area contributed by atoms with Crippen LogP contribution in [-0.2, 0) is 0 Å². The van der Waals surface area contributed by atoms with Crippen LogP contribution in [0.2, 0.25) is 0 Å². The number of hydrogen-bond donors (Lipinski definition) is 0. The maximum Gasteiger partial charge on any atom is 0.0423 e. The summed E-state index contributed by atoms with van der Waals surface area (Å²) in [7, 11) is 3.75. The summed E-state index contributed by atoms with van der Waals surface area (Å²) in [6.07, 6.45) is 10.4. The lowest BCUT2D eigenvalue weighted by molar-refractivity contribution is 0.667. The fourth-order valence-electron chi connectivity index (χ4n) is 1.23. The first kappa shape index (κ1) is 13.9. The molecule has 1 atom stereocenters. The molecule has 80 valence electrons. The second-order valence-corrected chi connectivity index (χ2v) is 5.94. The highest BCUT2D eigenvalue weighted by atomic mass is 33.1. The molecule has 0 aliphatic carbocycles. The summed E-state index contributed by atoms with van der Waals surface area (Å²) in [5, 5.41) is 0.555. The predicted molar refractivity (Wildman–Crippen MR) is 72.8 cm³/mol. The van der Waals surface area contributed by atoms with Gasteiger partial charge < -0.3 is 0 Å². The molecule has 0 amide bonds. The van der Waals surface area contributed by atoms with E-state index in [0.29, 0.717) is 11.2 Å². The maximum absolute atomic E-state index is 3.76. The van der Waals surface area contributed by atoms with Gasteiger partial charge in [-0.1, -0.05) is 66.3 Å². The number of allylic oxidation sites excluding steroid dienone is 4. The average Bonchev–Trinajstić information content (AvgIpc) is 2.13. The van der Waals surface area contributed by atoms with Crippen molar-refractivity contribution in [2.75, 3.05) is 6.26 Å². The SMILES string of the molecule is C=C/C=C(\C=C/C)C(SSC)C(C)C. The van der Waals surface area contributed by atoms with Gasteiger partial charge in [0.2, 0.25) is 0 Å². The van der Waals surface area contributed by atoms with E-state index in [9.17, 15) is 0 Å². The lowest BCUT2D eigenvalue weighted by Crippen LogP contribution is -2.12. The monoisotopic (exact) mass is 228 g/mol. The Balaban J connectivity index is 4.72. The van der Waals surface area contributed by atoms with Gasteiger partial charge in [0.25, 0.3) is 0 Å². The van der Waals surface area contributed by atoms with E-state index < -0.39 is 0 Å². The summed E-state index contributed by atoms with van der Waals surface area (Å²) < 4.78 is 0. The Hall–Kier alpha value is -0.0800. The molecule has 0 radical (unpaired) electrons. The van der Waals surface area contributed by atoms with Gasteiger partial charge in [-0.25, -0.2) is 0 Å². The van der Waals surface area contributed by atoms with Crippen molar-refractivity contribution in [2.45, 2.75) is 26.0 Å². The van der Waals surface area contributed by atoms with E-state index in [1.807, 2.05) is 27.7 Å². The highest BCUT2D eigenvalue weighted by Crippen LogP contribution is 2.34. The van der Waals surface area contributed by atoms with Crippen molar-refractivity contribution in [3.05, 3.63) is 36.5 Å². The topological polar surface area (TPSA) is 0 Å². The van der Waals surface area contributed by atoms with Crippen molar-refractivity contribution in [1.29, 1.82) is 0 Å². The third-order valence-corrected chi connectivity index (χ3v) is 4.22. The van der Waals surface area contributed by atoms with Crippen molar-refractivity contribution >= 4 is 21.6 Å². The van der Waals surface area contributed by atoms with Crippen LogP contribution >= 0.6 is 21.6 Å². The van der Waals surface area contributed by atoms with Crippen LogP contribution < -0.4 is 0 Å². The van der Waals surface area contributed by atoms with Gasteiger partial charge in [-0.2, -0.15) is 0 Å². The zero-order valence-electron chi connectivity index (χ0n) is 9.49. The van der Waals surface area contributed by atoms with Crippen molar-refractivity contribution in [2.24, 2.45) is 5.92 Å². The van der Waals surface area contributed by atoms with Crippen LogP contribution in [-0.4, -0.2) is 11.5 Å². The Morgan fingerprint density at radius 3 is 2.36 bits per heavy atom. The molecule has 0 heterocycles. The minimum Gasteiger partial charge on any atom is -0.0991 e. The van der Waals surface area contributed by atoms with E-state index in [2.05, 4.69) is 51.8 Å². The molecule has 2 heteroatoms. The molecule has 14 heavy (non-hydrogen) atoms. The van der Waals surface area contributed by atoms with E-state index in [4.69, 9.17) is 0 Å². The fourth-order valence-corrected chi connectivity index (χ4v) is 3.55. The molecule has 0 fully saturated rings. The van der Waals surface area contributed by atoms with Crippen LogP contribution in [0.5, 0.6) is 0 Å². The van der Waals surface area contributed by atoms with Gasteiger partial charge in [-0.05, 0) is 24.7 Å². The van der Waals surface area contributed by atoms with Crippen LogP contribution in [0.1, 0.15) is 20.8 Å². The predicted octanol–water partition coefficient (Wildman–Crippen LogP) is 4.71. The van der Waals surface area contributed by atoms with Crippen LogP contribution in [0.15, 0.2) is 36.5 Å². The second-order valence-electron chi connectivity index (χ2n) is 3.33. The summed E-state index contributed by atoms with van der Waals surface area (Å²) in [4.78, 5) is 0. The first-order valence-electron chi connectivity index (χ1n) is 4.82. The Morgan fingerprint density at radius 1 is 1.36 bits per heavy atom. The Kier molecular flexibility index (Phi) is 8.20. The van der Waals surface area contributed by atoms with Gasteiger partial charge in [0.05, 0.1) is 0 Å². The smallest absolute Gasteiger partial charge is 0.0423 e. The number of hydrogen-bond acceptors (Lipinski definition) is 2. The molecule has 0 rings (SSSR count). The quantitative estimate of drug-likeness (QED) is 0.477. The summed E-state index contributed by atoms with van der Waals surface area (Å²) in [5.41, 5.74) is 1.36. The van der Waals surface area contributed by atoms with E-state index in [1.165, 1.54) is 5.57 Å². The molecule has 0 bridgehead atoms. The van der Waals surface area contributed by atoms with E-state index in [-0.39, 0.29) is 0 Å². The Bertz CT molecular complexity index is 214. The largest absolute Gasteiger partial charge is 0.0991 e. The Labute approximate surface area is 96.3 Å². The molecule has 0 aromatic heterocycles. The fraction of sp³-hybridized carbons (Fsp3) is 0.500. The van der Waals surface area contributed by atoms with Gasteiger partial charge >= 0.3 is 0 Å². The molecule has 0 aliphatic heterocycles. The van der Waals surface area contributed by atoms with Crippen molar-refractivity contribution in [3.8, 4) is 0 Å². The zero-order chi connectivity index (χ0) is 11.0. The molecular weight excluding hydrogens is 208 g/mol. The van der Waals surface area contributed by atoms with Crippen LogP contribution in [0, 0.1) is 5.92 Å². The van der Waals surface area contributed by atoms with Crippen LogP contribution in [0.25, 0.3) is 0 Å². The standard InChI is InChI=1S/C12H20S2/c1-6-8-11(9-7-2)12(10(3)4)14-13-5/h6-10,12H,1H2,2-5H3/b9-7-,11-8+. The summed E-state index contributed by atoms with van der Waals surface area (Å²) >= 11 is 0. The van der Waals surface area contributed by atoms with E-state index in [0.717, 1.165) is 0 Å². The zero-order valence-corrected chi connectivity index (χ0v) is 11.1. The van der Waals surface area contributed by atoms with Gasteiger partial charge in [-0.15, -0.1) is 0 Å². The minimum absolute atomic E-state index is 0.555. The first-order valence-corrected chi connectivity index (χ1v) is 7.44. The van der Waals surface area contributed by atoms with Crippen LogP contribution in [0.4, 0.5) is 0 Å². The van der Waals surface area contributed by atoms with Crippen molar-refractivity contribution in [1.82, 2.24) is 0 Å². The molecule has 0 aliphatic rings. The highest BCUT2D eigenvalue weighted by molar-refractivity contribution is 8.76. The average molecular weight is 228 g/mol. The lowest BCUT2D eigenvalue weighted by Gasteiger charge is -2.20. The molecule has 1 unspecified atom stereocenters. The third kappa shape index (κ3) is 4.97. The lowest BCUT2D eigenvalue weighted by atomic mass is 10.0. The maximum atomic E-state index is 3.76. The Morgan fingerprint density at radius 2 is 2.00 bits per heavy atom. The number of rotatable bonds is 6. The molecule has 0 saturated heterocycles. The summed E-state index contributed by atoms with van der Waals surface area (Å²) in [5.74, 6) is 0.648. The molecule has 0 aromatic rings. The normalized spacial score (nSPS) is 15.1. The van der Waals surface area contributed by atoms with Crippen LogP contribution in [0.3, 0.4) is 0 Å². The van der Waals surface area contributed by atoms with E-state index in [1.54, 1.807) is 0 Å². The summed E-state index contributed by atoms with van der Waals surface area (Å²) in [6.45, 7) is 10.3. The molecule has 0 spiro atoms.